The third kappa shape index (κ3) is 5.65. The average molecular weight is 463 g/mol. The minimum Gasteiger partial charge on any atom is -0.443 e. The Kier molecular flexibility index (Phi) is 7.62. The van der Waals surface area contributed by atoms with Gasteiger partial charge in [-0.3, -0.25) is 9.63 Å². The first-order valence-corrected chi connectivity index (χ1v) is 10.6. The minimum absolute atomic E-state index is 0.000971. The molecule has 1 unspecified atom stereocenters. The molecule has 2 heterocycles. The quantitative estimate of drug-likeness (QED) is 0.497. The number of carbonyl (C=O) groups excluding carboxylic acids is 1. The molecular formula is C23H27F2N3O5. The molecule has 2 aromatic carbocycles. The number of hydrogen-bond donors (Lipinski definition) is 2. The van der Waals surface area contributed by atoms with Crippen molar-refractivity contribution >= 4 is 28.4 Å². The number of hydrogen-bond acceptors (Lipinski definition) is 7. The normalized spacial score (nSPS) is 16.9. The second kappa shape index (κ2) is 10.2. The zero-order valence-electron chi connectivity index (χ0n) is 19.1. The summed E-state index contributed by atoms with van der Waals surface area (Å²) in [4.78, 5) is 21.8. The van der Waals surface area contributed by atoms with E-state index in [4.69, 9.17) is 18.7 Å². The number of aryl methyl sites for hydroxylation is 1. The lowest BCUT2D eigenvalue weighted by Crippen LogP contribution is -2.31. The third-order valence-electron chi connectivity index (χ3n) is 4.70. The van der Waals surface area contributed by atoms with Crippen LogP contribution >= 0.6 is 0 Å². The van der Waals surface area contributed by atoms with Gasteiger partial charge in [0.05, 0.1) is 23.5 Å². The lowest BCUT2D eigenvalue weighted by Gasteiger charge is -2.17. The maximum atomic E-state index is 15.1. The number of aromatic nitrogens is 1. The van der Waals surface area contributed by atoms with E-state index < -0.39 is 23.3 Å². The smallest absolute Gasteiger partial charge is 0.277 e. The molecule has 0 saturated carbocycles. The summed E-state index contributed by atoms with van der Waals surface area (Å²) in [7, 11) is 0. The fourth-order valence-electron chi connectivity index (χ4n) is 3.22. The molecule has 178 valence electrons. The van der Waals surface area contributed by atoms with E-state index in [1.54, 1.807) is 26.8 Å². The number of nitrogens with zero attached hydrogens (tertiary/aromatic N) is 1. The van der Waals surface area contributed by atoms with Crippen LogP contribution in [0.2, 0.25) is 0 Å². The molecule has 3 aromatic rings. The number of fused-ring (bicyclic) bond motifs is 1. The fraction of sp³-hybridized carbons (Fsp3) is 0.391. The van der Waals surface area contributed by atoms with Crippen LogP contribution in [-0.2, 0) is 14.3 Å². The Balaban J connectivity index is 0.00000149. The highest BCUT2D eigenvalue weighted by Gasteiger charge is 2.33. The number of carbonyl (C=O) groups is 1. The number of anilines is 2. The van der Waals surface area contributed by atoms with E-state index in [0.29, 0.717) is 12.2 Å². The number of amides is 1. The van der Waals surface area contributed by atoms with Gasteiger partial charge in [-0.05, 0) is 44.5 Å². The molecule has 0 spiro atoms. The number of nitrogens with one attached hydrogen (secondary N) is 2. The van der Waals surface area contributed by atoms with Crippen LogP contribution in [0.5, 0.6) is 0 Å². The van der Waals surface area contributed by atoms with Gasteiger partial charge < -0.3 is 19.2 Å². The van der Waals surface area contributed by atoms with Crippen LogP contribution in [0.3, 0.4) is 0 Å². The first-order valence-electron chi connectivity index (χ1n) is 10.6. The van der Waals surface area contributed by atoms with Gasteiger partial charge >= 0.3 is 0 Å². The van der Waals surface area contributed by atoms with E-state index in [1.165, 1.54) is 18.2 Å². The van der Waals surface area contributed by atoms with Crippen LogP contribution in [0.1, 0.15) is 43.6 Å². The Morgan fingerprint density at radius 2 is 2.03 bits per heavy atom. The molecule has 1 aliphatic rings. The van der Waals surface area contributed by atoms with Crippen molar-refractivity contribution in [3.05, 3.63) is 53.4 Å². The number of oxazole rings is 1. The van der Waals surface area contributed by atoms with Gasteiger partial charge in [0.1, 0.15) is 24.0 Å². The standard InChI is InChI=1S/C21H21F2N3O5.C2H6/c1-11-4-5-15(14(22)6-11)25-18-13(7-16-19(17(18)23)24-10-28-16)20(27)26-30-9-12-8-29-21(2,3)31-12;1-2/h4-7,10,12,25H,8-9H2,1-3H3,(H,26,27);1-2H3. The molecule has 1 aromatic heterocycles. The van der Waals surface area contributed by atoms with Crippen LogP contribution in [0.15, 0.2) is 35.1 Å². The molecule has 1 saturated heterocycles. The highest BCUT2D eigenvalue weighted by Crippen LogP contribution is 2.32. The first-order chi connectivity index (χ1) is 15.7. The van der Waals surface area contributed by atoms with Crippen LogP contribution in [0.4, 0.5) is 20.2 Å². The van der Waals surface area contributed by atoms with Crippen molar-refractivity contribution in [1.82, 2.24) is 10.5 Å². The van der Waals surface area contributed by atoms with Crippen molar-refractivity contribution in [2.45, 2.75) is 46.5 Å². The van der Waals surface area contributed by atoms with Gasteiger partial charge in [-0.25, -0.2) is 19.2 Å². The predicted molar refractivity (Wildman–Crippen MR) is 118 cm³/mol. The number of rotatable bonds is 6. The molecule has 1 fully saturated rings. The second-order valence-corrected chi connectivity index (χ2v) is 7.61. The molecule has 1 amide bonds. The van der Waals surface area contributed by atoms with Crippen molar-refractivity contribution in [2.75, 3.05) is 18.5 Å². The van der Waals surface area contributed by atoms with Gasteiger partial charge in [0.25, 0.3) is 5.91 Å². The summed E-state index contributed by atoms with van der Waals surface area (Å²) >= 11 is 0. The van der Waals surface area contributed by atoms with Gasteiger partial charge in [0, 0.05) is 0 Å². The van der Waals surface area contributed by atoms with E-state index in [1.807, 2.05) is 13.8 Å². The zero-order chi connectivity index (χ0) is 24.2. The van der Waals surface area contributed by atoms with Crippen molar-refractivity contribution in [2.24, 2.45) is 0 Å². The molecular weight excluding hydrogens is 436 g/mol. The van der Waals surface area contributed by atoms with E-state index in [2.05, 4.69) is 15.8 Å². The van der Waals surface area contributed by atoms with Gasteiger partial charge in [-0.2, -0.15) is 0 Å². The third-order valence-corrected chi connectivity index (χ3v) is 4.70. The van der Waals surface area contributed by atoms with Crippen LogP contribution in [0.25, 0.3) is 11.1 Å². The summed E-state index contributed by atoms with van der Waals surface area (Å²) in [5.41, 5.74) is 2.51. The summed E-state index contributed by atoms with van der Waals surface area (Å²) in [5.74, 6) is -2.94. The molecule has 1 aliphatic heterocycles. The molecule has 33 heavy (non-hydrogen) atoms. The van der Waals surface area contributed by atoms with E-state index in [9.17, 15) is 9.18 Å². The Labute approximate surface area is 190 Å². The van der Waals surface area contributed by atoms with E-state index in [0.717, 1.165) is 6.39 Å². The zero-order valence-corrected chi connectivity index (χ0v) is 19.1. The van der Waals surface area contributed by atoms with Gasteiger partial charge in [-0.1, -0.05) is 19.9 Å². The monoisotopic (exact) mass is 463 g/mol. The highest BCUT2D eigenvalue weighted by atomic mass is 19.1. The van der Waals surface area contributed by atoms with Crippen molar-refractivity contribution in [3.8, 4) is 0 Å². The highest BCUT2D eigenvalue weighted by molar-refractivity contribution is 6.03. The summed E-state index contributed by atoms with van der Waals surface area (Å²) in [6, 6.07) is 5.71. The van der Waals surface area contributed by atoms with E-state index in [-0.39, 0.29) is 40.7 Å². The van der Waals surface area contributed by atoms with Crippen molar-refractivity contribution in [1.29, 1.82) is 0 Å². The summed E-state index contributed by atoms with van der Waals surface area (Å²) in [5, 5.41) is 2.65. The van der Waals surface area contributed by atoms with Crippen molar-refractivity contribution < 1.29 is 32.3 Å². The first kappa shape index (κ1) is 24.6. The number of halogens is 2. The Bertz CT molecular complexity index is 1130. The molecule has 0 aliphatic carbocycles. The molecule has 2 N–H and O–H groups in total. The van der Waals surface area contributed by atoms with Gasteiger partial charge in [0.15, 0.2) is 23.6 Å². The fourth-order valence-corrected chi connectivity index (χ4v) is 3.22. The number of hydroxylamine groups is 1. The van der Waals surface area contributed by atoms with E-state index >= 15 is 4.39 Å². The second-order valence-electron chi connectivity index (χ2n) is 7.61. The average Bonchev–Trinajstić information content (AvgIpc) is 3.39. The lowest BCUT2D eigenvalue weighted by molar-refractivity contribution is -0.147. The Morgan fingerprint density at radius 1 is 1.27 bits per heavy atom. The molecule has 8 nitrogen and oxygen atoms in total. The largest absolute Gasteiger partial charge is 0.443 e. The predicted octanol–water partition coefficient (Wildman–Crippen LogP) is 5.00. The Morgan fingerprint density at radius 3 is 2.70 bits per heavy atom. The SMILES string of the molecule is CC.Cc1ccc(Nc2c(C(=O)NOCC3COC(C)(C)O3)cc3ocnc3c2F)c(F)c1. The molecule has 10 heteroatoms. The Hall–Kier alpha value is -3.08. The van der Waals surface area contributed by atoms with Gasteiger partial charge in [-0.15, -0.1) is 0 Å². The van der Waals surface area contributed by atoms with Crippen LogP contribution in [-0.4, -0.2) is 36.0 Å². The topological polar surface area (TPSA) is 94.9 Å². The maximum absolute atomic E-state index is 15.1. The molecule has 0 bridgehead atoms. The van der Waals surface area contributed by atoms with Crippen LogP contribution in [0, 0.1) is 18.6 Å². The summed E-state index contributed by atoms with van der Waals surface area (Å²) < 4.78 is 45.6. The van der Waals surface area contributed by atoms with Crippen LogP contribution < -0.4 is 10.8 Å². The van der Waals surface area contributed by atoms with Gasteiger partial charge in [0.2, 0.25) is 0 Å². The molecule has 0 radical (unpaired) electrons. The van der Waals surface area contributed by atoms with Crippen molar-refractivity contribution in [3.63, 3.8) is 0 Å². The maximum Gasteiger partial charge on any atom is 0.277 e. The lowest BCUT2D eigenvalue weighted by atomic mass is 10.1. The minimum atomic E-state index is -0.856. The molecule has 1 atom stereocenters. The summed E-state index contributed by atoms with van der Waals surface area (Å²) in [6.07, 6.45) is 0.685. The summed E-state index contributed by atoms with van der Waals surface area (Å²) in [6.45, 7) is 9.59. The number of ether oxygens (including phenoxy) is 2. The molecule has 4 rings (SSSR count). The number of benzene rings is 2.